The van der Waals surface area contributed by atoms with Crippen LogP contribution in [0.4, 0.5) is 42.1 Å². The van der Waals surface area contributed by atoms with Crippen LogP contribution in [0.25, 0.3) is 0 Å². The summed E-state index contributed by atoms with van der Waals surface area (Å²) < 4.78 is 132. The second-order valence-corrected chi connectivity index (χ2v) is 12.9. The molecule has 222 valence electrons. The zero-order valence-electron chi connectivity index (χ0n) is 22.0. The number of carboxylic acids is 1. The topological polar surface area (TPSA) is 83.9 Å². The van der Waals surface area contributed by atoms with Gasteiger partial charge in [-0.25, -0.2) is 26.0 Å². The van der Waals surface area contributed by atoms with Crippen molar-refractivity contribution < 1.29 is 53.8 Å². The molecule has 0 amide bonds. The minimum atomic E-state index is -5.17. The highest BCUT2D eigenvalue weighted by atomic mass is 32.2. The Hall–Kier alpha value is -3.03. The van der Waals surface area contributed by atoms with Gasteiger partial charge >= 0.3 is 12.1 Å². The van der Waals surface area contributed by atoms with Gasteiger partial charge in [0.25, 0.3) is 0 Å². The molecule has 14 heteroatoms. The van der Waals surface area contributed by atoms with Crippen LogP contribution >= 0.6 is 0 Å². The summed E-state index contributed by atoms with van der Waals surface area (Å²) in [5.41, 5.74) is -3.80. The van der Waals surface area contributed by atoms with E-state index in [1.54, 1.807) is 0 Å². The second-order valence-electron chi connectivity index (χ2n) is 10.7. The van der Waals surface area contributed by atoms with Crippen LogP contribution < -0.4 is 9.64 Å². The molecule has 0 spiro atoms. The molecule has 0 aliphatic carbocycles. The van der Waals surface area contributed by atoms with E-state index in [9.17, 15) is 44.7 Å². The molecule has 1 N–H and O–H groups in total. The number of halogens is 7. The monoisotopic (exact) mass is 599 g/mol. The fourth-order valence-electron chi connectivity index (χ4n) is 4.20. The van der Waals surface area contributed by atoms with Crippen molar-refractivity contribution in [2.75, 3.05) is 18.1 Å². The summed E-state index contributed by atoms with van der Waals surface area (Å²) in [6.45, 7) is 2.14. The Bertz CT molecular complexity index is 1370. The Morgan fingerprint density at radius 2 is 1.68 bits per heavy atom. The highest BCUT2D eigenvalue weighted by Crippen LogP contribution is 2.50. The number of benzene rings is 2. The van der Waals surface area contributed by atoms with Gasteiger partial charge in [-0.3, -0.25) is 4.79 Å². The lowest BCUT2D eigenvalue weighted by Gasteiger charge is -2.32. The zero-order chi connectivity index (χ0) is 30.5. The summed E-state index contributed by atoms with van der Waals surface area (Å²) in [7, 11) is -5.17. The molecule has 2 aromatic carbocycles. The third-order valence-corrected chi connectivity index (χ3v) is 9.13. The van der Waals surface area contributed by atoms with Crippen molar-refractivity contribution in [2.24, 2.45) is 11.3 Å². The Balaban J connectivity index is 2.32. The van der Waals surface area contributed by atoms with Crippen LogP contribution in [0.2, 0.25) is 0 Å². The van der Waals surface area contributed by atoms with Gasteiger partial charge < -0.3 is 14.7 Å². The molecule has 0 bridgehead atoms. The van der Waals surface area contributed by atoms with Crippen LogP contribution in [-0.4, -0.2) is 43.6 Å². The first kappa shape index (κ1) is 31.5. The first-order valence-electron chi connectivity index (χ1n) is 12.0. The summed E-state index contributed by atoms with van der Waals surface area (Å²) in [5.74, 6) is -8.12. The van der Waals surface area contributed by atoms with E-state index in [-0.39, 0.29) is 5.69 Å². The molecular formula is C26H28F7NO5S. The van der Waals surface area contributed by atoms with Crippen molar-refractivity contribution in [1.82, 2.24) is 0 Å². The average Bonchev–Trinajstić information content (AvgIpc) is 2.87. The lowest BCUT2D eigenvalue weighted by molar-refractivity contribution is -0.148. The van der Waals surface area contributed by atoms with Crippen molar-refractivity contribution in [3.63, 3.8) is 0 Å². The van der Waals surface area contributed by atoms with Crippen LogP contribution in [0.15, 0.2) is 41.3 Å². The van der Waals surface area contributed by atoms with Crippen LogP contribution in [0.3, 0.4) is 0 Å². The van der Waals surface area contributed by atoms with Gasteiger partial charge in [-0.2, -0.15) is 13.2 Å². The van der Waals surface area contributed by atoms with Gasteiger partial charge in [0.1, 0.15) is 18.2 Å². The van der Waals surface area contributed by atoms with Crippen LogP contribution in [0, 0.1) is 17.2 Å². The number of sulfone groups is 1. The molecule has 3 rings (SSSR count). The molecular weight excluding hydrogens is 571 g/mol. The van der Waals surface area contributed by atoms with E-state index in [1.807, 2.05) is 0 Å². The molecule has 0 unspecified atom stereocenters. The lowest BCUT2D eigenvalue weighted by Crippen LogP contribution is -2.41. The van der Waals surface area contributed by atoms with Crippen LogP contribution in [0.1, 0.15) is 46.1 Å². The normalized spacial score (nSPS) is 21.5. The summed E-state index contributed by atoms with van der Waals surface area (Å²) >= 11 is 0. The largest absolute Gasteiger partial charge is 0.492 e. The number of aliphatic carboxylic acids is 1. The number of alkyl halides is 6. The molecule has 0 saturated heterocycles. The van der Waals surface area contributed by atoms with Gasteiger partial charge in [-0.05, 0) is 64.4 Å². The van der Waals surface area contributed by atoms with Crippen molar-refractivity contribution in [3.8, 4) is 5.75 Å². The van der Waals surface area contributed by atoms with Gasteiger partial charge in [0.15, 0.2) is 0 Å². The van der Waals surface area contributed by atoms with E-state index < -0.39 is 97.9 Å². The molecule has 40 heavy (non-hydrogen) atoms. The molecule has 2 aromatic rings. The molecule has 1 aliphatic heterocycles. The number of anilines is 2. The predicted octanol–water partition coefficient (Wildman–Crippen LogP) is 7.00. The molecule has 6 nitrogen and oxygen atoms in total. The SMILES string of the molecule is CC(F)(F)CC[C@H]1CN(c2ccc(F)cc2)c2cc(C(F)(F)F)c(OCC(C)(C)C(=O)O)cc2S(=O)(=O)[C@@]1(C)F. The summed E-state index contributed by atoms with van der Waals surface area (Å²) in [5, 5.41) is 6.09. The number of carbonyl (C=O) groups is 1. The number of carboxylic acid groups (broad SMARTS) is 1. The average molecular weight is 600 g/mol. The highest BCUT2D eigenvalue weighted by molar-refractivity contribution is 7.92. The van der Waals surface area contributed by atoms with Crippen LogP contribution in [0.5, 0.6) is 5.75 Å². The molecule has 1 aliphatic rings. The minimum absolute atomic E-state index is 0.0161. The fourth-order valence-corrected chi connectivity index (χ4v) is 5.96. The lowest BCUT2D eigenvalue weighted by atomic mass is 9.95. The van der Waals surface area contributed by atoms with E-state index in [2.05, 4.69) is 0 Å². The Labute approximate surface area is 226 Å². The third kappa shape index (κ3) is 6.31. The summed E-state index contributed by atoms with van der Waals surface area (Å²) in [4.78, 5) is 11.5. The second kappa shape index (κ2) is 10.4. The molecule has 2 atom stereocenters. The quantitative estimate of drug-likeness (QED) is 0.329. The van der Waals surface area contributed by atoms with E-state index >= 15 is 4.39 Å². The maximum Gasteiger partial charge on any atom is 0.420 e. The van der Waals surface area contributed by atoms with Gasteiger partial charge in [0.2, 0.25) is 20.8 Å². The number of rotatable bonds is 8. The smallest absolute Gasteiger partial charge is 0.420 e. The Kier molecular flexibility index (Phi) is 8.21. The number of fused-ring (bicyclic) bond motifs is 1. The molecule has 0 saturated carbocycles. The van der Waals surface area contributed by atoms with E-state index in [1.165, 1.54) is 13.8 Å². The molecule has 0 aromatic heterocycles. The third-order valence-electron chi connectivity index (χ3n) is 6.84. The van der Waals surface area contributed by atoms with Crippen molar-refractivity contribution in [2.45, 2.75) is 62.5 Å². The first-order valence-corrected chi connectivity index (χ1v) is 13.5. The van der Waals surface area contributed by atoms with Gasteiger partial charge in [0.05, 0.1) is 21.6 Å². The number of hydrogen-bond donors (Lipinski definition) is 1. The maximum absolute atomic E-state index is 16.3. The standard InChI is InChI=1S/C26H28F7NO5S/c1-23(2,22(35)36)14-39-20-12-21-19(11-18(20)26(31,32)33)34(17-7-5-16(27)6-8-17)13-15(9-10-24(3,28)29)25(4,30)40(21,37)38/h5-8,11-12,15H,9-10,13-14H2,1-4H3,(H,35,36)/t15-,25+/m0/s1. The molecule has 0 radical (unpaired) electrons. The zero-order valence-corrected chi connectivity index (χ0v) is 22.8. The first-order chi connectivity index (χ1) is 18.1. The van der Waals surface area contributed by atoms with Gasteiger partial charge in [-0.1, -0.05) is 0 Å². The summed E-state index contributed by atoms with van der Waals surface area (Å²) in [6.07, 6.45) is -6.69. The molecule has 0 fully saturated rings. The molecule has 1 heterocycles. The van der Waals surface area contributed by atoms with Crippen LogP contribution in [-0.2, 0) is 20.8 Å². The van der Waals surface area contributed by atoms with Crippen molar-refractivity contribution >= 4 is 27.2 Å². The minimum Gasteiger partial charge on any atom is -0.492 e. The van der Waals surface area contributed by atoms with Gasteiger partial charge in [0, 0.05) is 30.6 Å². The number of nitrogens with zero attached hydrogens (tertiary/aromatic N) is 1. The van der Waals surface area contributed by atoms with Crippen molar-refractivity contribution in [3.05, 3.63) is 47.8 Å². The van der Waals surface area contributed by atoms with E-state index in [4.69, 9.17) is 4.74 Å². The maximum atomic E-state index is 16.3. The predicted molar refractivity (Wildman–Crippen MR) is 132 cm³/mol. The number of hydrogen-bond acceptors (Lipinski definition) is 5. The van der Waals surface area contributed by atoms with E-state index in [0.29, 0.717) is 26.0 Å². The van der Waals surface area contributed by atoms with Crippen molar-refractivity contribution in [1.29, 1.82) is 0 Å². The number of ether oxygens (including phenoxy) is 1. The fraction of sp³-hybridized carbons (Fsp3) is 0.500. The summed E-state index contributed by atoms with van der Waals surface area (Å²) in [6, 6.07) is 5.06. The highest BCUT2D eigenvalue weighted by Gasteiger charge is 2.53. The Morgan fingerprint density at radius 1 is 1.10 bits per heavy atom. The van der Waals surface area contributed by atoms with E-state index in [0.717, 1.165) is 29.2 Å². The van der Waals surface area contributed by atoms with Gasteiger partial charge in [-0.15, -0.1) is 0 Å². The Morgan fingerprint density at radius 3 is 2.17 bits per heavy atom.